The lowest BCUT2D eigenvalue weighted by Crippen LogP contribution is -2.50. The normalized spacial score (nSPS) is 24.8. The molecule has 154 valence electrons. The zero-order valence-corrected chi connectivity index (χ0v) is 16.6. The van der Waals surface area contributed by atoms with Crippen LogP contribution in [0.15, 0.2) is 18.2 Å². The number of benzene rings is 1. The zero-order valence-electron chi connectivity index (χ0n) is 16.6. The van der Waals surface area contributed by atoms with Crippen molar-refractivity contribution in [2.75, 3.05) is 43.1 Å². The molecule has 0 saturated carbocycles. The quantitative estimate of drug-likeness (QED) is 0.672. The summed E-state index contributed by atoms with van der Waals surface area (Å²) >= 11 is 0. The summed E-state index contributed by atoms with van der Waals surface area (Å²) in [5.41, 5.74) is 7.44. The van der Waals surface area contributed by atoms with Crippen molar-refractivity contribution in [1.29, 1.82) is 0 Å². The lowest BCUT2D eigenvalue weighted by atomic mass is 10.1. The predicted octanol–water partition coefficient (Wildman–Crippen LogP) is 1.11. The number of rotatable bonds is 6. The molecular formula is C20H30N4O4. The number of hydrogen-bond acceptors (Lipinski definition) is 6. The number of hydrogen-bond donors (Lipinski definition) is 3. The largest absolute Gasteiger partial charge is 0.377 e. The SMILES string of the molecule is CC1COCC(C)N1c1ccc(C(=O)NCCN)cc1NC(=O)C1CCCO1. The number of ether oxygens (including phenoxy) is 2. The van der Waals surface area contributed by atoms with E-state index in [0.29, 0.717) is 50.6 Å². The Kier molecular flexibility index (Phi) is 6.88. The van der Waals surface area contributed by atoms with E-state index < -0.39 is 6.10 Å². The number of morpholine rings is 1. The van der Waals surface area contributed by atoms with Crippen molar-refractivity contribution < 1.29 is 19.1 Å². The molecule has 2 amide bonds. The van der Waals surface area contributed by atoms with Crippen molar-refractivity contribution in [3.8, 4) is 0 Å². The Balaban J connectivity index is 1.90. The van der Waals surface area contributed by atoms with Crippen LogP contribution < -0.4 is 21.3 Å². The molecule has 1 aromatic rings. The highest BCUT2D eigenvalue weighted by molar-refractivity contribution is 6.01. The van der Waals surface area contributed by atoms with Gasteiger partial charge in [0.25, 0.3) is 11.8 Å². The summed E-state index contributed by atoms with van der Waals surface area (Å²) in [5, 5.41) is 5.76. The summed E-state index contributed by atoms with van der Waals surface area (Å²) in [6.07, 6.45) is 1.15. The van der Waals surface area contributed by atoms with E-state index in [1.807, 2.05) is 6.07 Å². The van der Waals surface area contributed by atoms with E-state index in [9.17, 15) is 9.59 Å². The van der Waals surface area contributed by atoms with Gasteiger partial charge in [-0.05, 0) is 44.9 Å². The fraction of sp³-hybridized carbons (Fsp3) is 0.600. The van der Waals surface area contributed by atoms with E-state index >= 15 is 0 Å². The third-order valence-corrected chi connectivity index (χ3v) is 5.11. The predicted molar refractivity (Wildman–Crippen MR) is 108 cm³/mol. The van der Waals surface area contributed by atoms with Crippen LogP contribution >= 0.6 is 0 Å². The third kappa shape index (κ3) is 4.63. The van der Waals surface area contributed by atoms with Gasteiger partial charge in [-0.3, -0.25) is 9.59 Å². The summed E-state index contributed by atoms with van der Waals surface area (Å²) in [6, 6.07) is 5.69. The average Bonchev–Trinajstić information content (AvgIpc) is 3.22. The second kappa shape index (κ2) is 9.36. The third-order valence-electron chi connectivity index (χ3n) is 5.11. The molecule has 0 spiro atoms. The maximum absolute atomic E-state index is 12.7. The molecule has 3 unspecified atom stereocenters. The van der Waals surface area contributed by atoms with E-state index in [1.165, 1.54) is 0 Å². The number of nitrogens with zero attached hydrogens (tertiary/aromatic N) is 1. The molecule has 2 aliphatic rings. The molecule has 8 nitrogen and oxygen atoms in total. The molecule has 8 heteroatoms. The highest BCUT2D eigenvalue weighted by atomic mass is 16.5. The van der Waals surface area contributed by atoms with Crippen LogP contribution in [0.4, 0.5) is 11.4 Å². The number of nitrogens with two attached hydrogens (primary N) is 1. The molecule has 2 fully saturated rings. The fourth-order valence-electron chi connectivity index (χ4n) is 3.77. The van der Waals surface area contributed by atoms with Crippen LogP contribution in [0.3, 0.4) is 0 Å². The number of carbonyl (C=O) groups excluding carboxylic acids is 2. The molecule has 4 N–H and O–H groups in total. The van der Waals surface area contributed by atoms with Crippen molar-refractivity contribution in [3.05, 3.63) is 23.8 Å². The number of anilines is 2. The Bertz CT molecular complexity index is 695. The first-order valence-electron chi connectivity index (χ1n) is 9.92. The van der Waals surface area contributed by atoms with Crippen LogP contribution in [0, 0.1) is 0 Å². The minimum atomic E-state index is -0.442. The fourth-order valence-corrected chi connectivity index (χ4v) is 3.77. The summed E-state index contributed by atoms with van der Waals surface area (Å²) in [5.74, 6) is -0.389. The lowest BCUT2D eigenvalue weighted by molar-refractivity contribution is -0.124. The standard InChI is InChI=1S/C20H30N4O4/c1-13-11-27-12-14(2)24(13)17-6-5-15(19(25)22-8-7-21)10-16(17)23-20(26)18-4-3-9-28-18/h5-6,10,13-14,18H,3-4,7-9,11-12,21H2,1-2H3,(H,22,25)(H,23,26). The van der Waals surface area contributed by atoms with E-state index in [0.717, 1.165) is 12.1 Å². The maximum Gasteiger partial charge on any atom is 0.253 e. The van der Waals surface area contributed by atoms with Crippen LogP contribution in [0.5, 0.6) is 0 Å². The first kappa shape index (κ1) is 20.6. The molecule has 3 atom stereocenters. The minimum absolute atomic E-state index is 0.152. The second-order valence-corrected chi connectivity index (χ2v) is 7.41. The summed E-state index contributed by atoms with van der Waals surface area (Å²) in [4.78, 5) is 27.3. The van der Waals surface area contributed by atoms with Crippen LogP contribution in [0.1, 0.15) is 37.0 Å². The van der Waals surface area contributed by atoms with Crippen molar-refractivity contribution in [2.24, 2.45) is 5.73 Å². The van der Waals surface area contributed by atoms with Crippen LogP contribution in [0.2, 0.25) is 0 Å². The van der Waals surface area contributed by atoms with Gasteiger partial charge in [-0.2, -0.15) is 0 Å². The van der Waals surface area contributed by atoms with E-state index in [-0.39, 0.29) is 23.9 Å². The van der Waals surface area contributed by atoms with Crippen LogP contribution in [0.25, 0.3) is 0 Å². The summed E-state index contributed by atoms with van der Waals surface area (Å²) < 4.78 is 11.1. The van der Waals surface area contributed by atoms with Gasteiger partial charge in [-0.1, -0.05) is 0 Å². The van der Waals surface area contributed by atoms with Gasteiger partial charge in [0.15, 0.2) is 0 Å². The van der Waals surface area contributed by atoms with Crippen molar-refractivity contribution in [1.82, 2.24) is 5.32 Å². The topological polar surface area (TPSA) is 106 Å². The van der Waals surface area contributed by atoms with Crippen molar-refractivity contribution in [2.45, 2.75) is 44.9 Å². The molecule has 3 rings (SSSR count). The van der Waals surface area contributed by atoms with Gasteiger partial charge in [0.2, 0.25) is 0 Å². The van der Waals surface area contributed by atoms with Crippen LogP contribution in [-0.2, 0) is 14.3 Å². The highest BCUT2D eigenvalue weighted by Crippen LogP contribution is 2.33. The first-order chi connectivity index (χ1) is 13.5. The Morgan fingerprint density at radius 3 is 2.64 bits per heavy atom. The number of nitrogens with one attached hydrogen (secondary N) is 2. The molecule has 0 bridgehead atoms. The summed E-state index contributed by atoms with van der Waals surface area (Å²) in [6.45, 7) is 6.77. The van der Waals surface area contributed by atoms with Gasteiger partial charge >= 0.3 is 0 Å². The van der Waals surface area contributed by atoms with Gasteiger partial charge in [0.1, 0.15) is 6.10 Å². The Hall–Kier alpha value is -2.16. The minimum Gasteiger partial charge on any atom is -0.377 e. The maximum atomic E-state index is 12.7. The smallest absolute Gasteiger partial charge is 0.253 e. The van der Waals surface area contributed by atoms with Crippen molar-refractivity contribution in [3.63, 3.8) is 0 Å². The molecular weight excluding hydrogens is 360 g/mol. The average molecular weight is 390 g/mol. The highest BCUT2D eigenvalue weighted by Gasteiger charge is 2.30. The lowest BCUT2D eigenvalue weighted by Gasteiger charge is -2.41. The van der Waals surface area contributed by atoms with Gasteiger partial charge in [0.05, 0.1) is 24.6 Å². The van der Waals surface area contributed by atoms with Gasteiger partial charge in [-0.15, -0.1) is 0 Å². The van der Waals surface area contributed by atoms with Gasteiger partial charge < -0.3 is 30.7 Å². The molecule has 0 aliphatic carbocycles. The van der Waals surface area contributed by atoms with Crippen LogP contribution in [-0.4, -0.2) is 62.9 Å². The van der Waals surface area contributed by atoms with E-state index in [1.54, 1.807) is 12.1 Å². The Labute approximate surface area is 165 Å². The Morgan fingerprint density at radius 2 is 2.00 bits per heavy atom. The first-order valence-corrected chi connectivity index (χ1v) is 9.92. The molecule has 1 aromatic carbocycles. The van der Waals surface area contributed by atoms with E-state index in [2.05, 4.69) is 29.4 Å². The van der Waals surface area contributed by atoms with Crippen molar-refractivity contribution >= 4 is 23.2 Å². The molecule has 0 radical (unpaired) electrons. The molecule has 0 aromatic heterocycles. The molecule has 2 saturated heterocycles. The number of carbonyl (C=O) groups is 2. The van der Waals surface area contributed by atoms with Gasteiger partial charge in [-0.25, -0.2) is 0 Å². The molecule has 28 heavy (non-hydrogen) atoms. The molecule has 2 heterocycles. The number of amides is 2. The summed E-state index contributed by atoms with van der Waals surface area (Å²) in [7, 11) is 0. The Morgan fingerprint density at radius 1 is 1.25 bits per heavy atom. The second-order valence-electron chi connectivity index (χ2n) is 7.41. The molecule has 2 aliphatic heterocycles. The monoisotopic (exact) mass is 390 g/mol. The van der Waals surface area contributed by atoms with E-state index in [4.69, 9.17) is 15.2 Å². The zero-order chi connectivity index (χ0) is 20.1. The van der Waals surface area contributed by atoms with Gasteiger partial charge in [0, 0.05) is 37.3 Å².